The topological polar surface area (TPSA) is 103 Å². The van der Waals surface area contributed by atoms with E-state index in [-0.39, 0.29) is 28.9 Å². The van der Waals surface area contributed by atoms with Crippen molar-refractivity contribution in [3.05, 3.63) is 52.4 Å². The van der Waals surface area contributed by atoms with Crippen molar-refractivity contribution in [3.8, 4) is 0 Å². The van der Waals surface area contributed by atoms with Gasteiger partial charge in [0.15, 0.2) is 11.9 Å². The Balaban J connectivity index is 1.88. The molecule has 3 heterocycles. The summed E-state index contributed by atoms with van der Waals surface area (Å²) in [6, 6.07) is 7.71. The number of imidazole rings is 1. The van der Waals surface area contributed by atoms with E-state index in [1.165, 1.54) is 22.8 Å². The summed E-state index contributed by atoms with van der Waals surface area (Å²) in [6.45, 7) is 1.36. The number of rotatable bonds is 5. The van der Waals surface area contributed by atoms with E-state index in [2.05, 4.69) is 4.98 Å². The van der Waals surface area contributed by atoms with Crippen molar-refractivity contribution in [1.29, 1.82) is 0 Å². The van der Waals surface area contributed by atoms with Crippen molar-refractivity contribution < 1.29 is 24.2 Å². The lowest BCUT2D eigenvalue weighted by atomic mass is 10.1. The molecule has 0 aliphatic carbocycles. The van der Waals surface area contributed by atoms with Gasteiger partial charge in [-0.2, -0.15) is 0 Å². The highest BCUT2D eigenvalue weighted by Crippen LogP contribution is 2.22. The van der Waals surface area contributed by atoms with Gasteiger partial charge in [0.05, 0.1) is 35.8 Å². The number of aromatic nitrogens is 3. The third-order valence-electron chi connectivity index (χ3n) is 4.74. The summed E-state index contributed by atoms with van der Waals surface area (Å²) in [7, 11) is 0. The van der Waals surface area contributed by atoms with Crippen LogP contribution in [0.2, 0.25) is 0 Å². The first-order valence-electron chi connectivity index (χ1n) is 8.40. The number of hydrogen-bond donors (Lipinski definition) is 1. The lowest BCUT2D eigenvalue weighted by Gasteiger charge is -2.27. The SMILES string of the molecule is O=C=c1ccc(=C=O)n1Cc1nc2ccc(C(=O)O)cc2n1C[C@@H]1CCO1. The molecule has 0 saturated carbocycles. The summed E-state index contributed by atoms with van der Waals surface area (Å²) in [5.74, 6) is 3.18. The Morgan fingerprint density at radius 1 is 1.19 bits per heavy atom. The number of benzene rings is 1. The molecular weight excluding hydrogens is 350 g/mol. The molecule has 1 aliphatic heterocycles. The average molecular weight is 365 g/mol. The Bertz CT molecular complexity index is 1170. The number of nitrogens with zero attached hydrogens (tertiary/aromatic N) is 3. The van der Waals surface area contributed by atoms with Gasteiger partial charge in [0.1, 0.15) is 16.5 Å². The number of fused-ring (bicyclic) bond motifs is 1. The number of carboxylic acids is 1. The van der Waals surface area contributed by atoms with Crippen LogP contribution in [0.1, 0.15) is 22.6 Å². The van der Waals surface area contributed by atoms with Gasteiger partial charge in [-0.3, -0.25) is 0 Å². The summed E-state index contributed by atoms with van der Waals surface area (Å²) < 4.78 is 8.88. The lowest BCUT2D eigenvalue weighted by Crippen LogP contribution is -2.33. The zero-order valence-corrected chi connectivity index (χ0v) is 14.2. The maximum absolute atomic E-state index is 11.3. The third-order valence-corrected chi connectivity index (χ3v) is 4.74. The maximum atomic E-state index is 11.3. The molecule has 8 heteroatoms. The molecule has 0 bridgehead atoms. The fourth-order valence-electron chi connectivity index (χ4n) is 3.22. The molecule has 0 amide bonds. The predicted octanol–water partition coefficient (Wildman–Crippen LogP) is -0.620. The number of carbonyl (C=O) groups excluding carboxylic acids is 2. The zero-order valence-electron chi connectivity index (χ0n) is 14.2. The van der Waals surface area contributed by atoms with Gasteiger partial charge in [-0.1, -0.05) is 0 Å². The molecule has 1 atom stereocenters. The van der Waals surface area contributed by atoms with E-state index in [0.717, 1.165) is 6.42 Å². The van der Waals surface area contributed by atoms with Crippen molar-refractivity contribution >= 4 is 28.9 Å². The van der Waals surface area contributed by atoms with Crippen molar-refractivity contribution in [2.24, 2.45) is 0 Å². The number of carbonyl (C=O) groups is 1. The first kappa shape index (κ1) is 17.0. The quantitative estimate of drug-likeness (QED) is 0.646. The standard InChI is InChI=1S/C19H15N3O5/c23-10-13-2-3-14(11-24)21(13)9-18-20-16-4-1-12(19(25)26)7-17(16)22(18)8-15-5-6-27-15/h1-4,7,15H,5-6,8-9H2,(H,25,26)/t15-/m0/s1. The molecule has 1 N–H and O–H groups in total. The van der Waals surface area contributed by atoms with Crippen molar-refractivity contribution in [1.82, 2.24) is 14.1 Å². The minimum atomic E-state index is -1.02. The van der Waals surface area contributed by atoms with Crippen molar-refractivity contribution in [3.63, 3.8) is 0 Å². The molecule has 1 saturated heterocycles. The van der Waals surface area contributed by atoms with Gasteiger partial charge in [0, 0.05) is 6.61 Å². The van der Waals surface area contributed by atoms with Gasteiger partial charge < -0.3 is 19.0 Å². The molecular formula is C19H15N3O5. The fourth-order valence-corrected chi connectivity index (χ4v) is 3.22. The highest BCUT2D eigenvalue weighted by molar-refractivity contribution is 5.92. The molecule has 3 aromatic rings. The van der Waals surface area contributed by atoms with Gasteiger partial charge in [-0.05, 0) is 36.8 Å². The van der Waals surface area contributed by atoms with Crippen LogP contribution in [0.3, 0.4) is 0 Å². The molecule has 1 fully saturated rings. The van der Waals surface area contributed by atoms with Crippen LogP contribution in [-0.2, 0) is 27.4 Å². The largest absolute Gasteiger partial charge is 0.478 e. The maximum Gasteiger partial charge on any atom is 0.335 e. The van der Waals surface area contributed by atoms with E-state index in [1.807, 2.05) is 4.57 Å². The first-order chi connectivity index (χ1) is 13.1. The summed E-state index contributed by atoms with van der Waals surface area (Å²) in [4.78, 5) is 38.3. The van der Waals surface area contributed by atoms with Crippen LogP contribution in [0, 0.1) is 0 Å². The Kier molecular flexibility index (Phi) is 4.22. The van der Waals surface area contributed by atoms with Gasteiger partial charge in [-0.15, -0.1) is 0 Å². The number of hydrogen-bond acceptors (Lipinski definition) is 5. The van der Waals surface area contributed by atoms with Gasteiger partial charge in [-0.25, -0.2) is 19.4 Å². The number of carboxylic acid groups (broad SMARTS) is 1. The molecule has 1 aliphatic rings. The van der Waals surface area contributed by atoms with E-state index in [1.54, 1.807) is 24.0 Å². The second-order valence-corrected chi connectivity index (χ2v) is 6.32. The molecule has 1 aromatic carbocycles. The minimum absolute atomic E-state index is 0.0218. The minimum Gasteiger partial charge on any atom is -0.478 e. The van der Waals surface area contributed by atoms with Crippen molar-refractivity contribution in [2.45, 2.75) is 25.6 Å². The molecule has 0 spiro atoms. The Hall–Kier alpha value is -3.44. The molecule has 136 valence electrons. The van der Waals surface area contributed by atoms with Gasteiger partial charge in [0.25, 0.3) is 0 Å². The predicted molar refractivity (Wildman–Crippen MR) is 93.4 cm³/mol. The Labute approximate surface area is 152 Å². The van der Waals surface area contributed by atoms with E-state index in [4.69, 9.17) is 4.74 Å². The van der Waals surface area contributed by atoms with Crippen LogP contribution in [0.25, 0.3) is 11.0 Å². The summed E-state index contributed by atoms with van der Waals surface area (Å²) in [5, 5.41) is 9.72. The Morgan fingerprint density at radius 3 is 2.44 bits per heavy atom. The van der Waals surface area contributed by atoms with Crippen LogP contribution in [-0.4, -0.2) is 49.8 Å². The molecule has 8 nitrogen and oxygen atoms in total. The summed E-state index contributed by atoms with van der Waals surface area (Å²) >= 11 is 0. The monoisotopic (exact) mass is 365 g/mol. The highest BCUT2D eigenvalue weighted by Gasteiger charge is 2.22. The van der Waals surface area contributed by atoms with Crippen LogP contribution >= 0.6 is 0 Å². The van der Waals surface area contributed by atoms with E-state index >= 15 is 0 Å². The molecule has 27 heavy (non-hydrogen) atoms. The van der Waals surface area contributed by atoms with Crippen LogP contribution in [0.4, 0.5) is 0 Å². The molecule has 0 radical (unpaired) electrons. The van der Waals surface area contributed by atoms with Crippen LogP contribution in [0.5, 0.6) is 0 Å². The fraction of sp³-hybridized carbons (Fsp3) is 0.263. The Morgan fingerprint density at radius 2 is 1.89 bits per heavy atom. The van der Waals surface area contributed by atoms with E-state index < -0.39 is 5.97 Å². The molecule has 0 unspecified atom stereocenters. The molecule has 2 aromatic heterocycles. The first-order valence-corrected chi connectivity index (χ1v) is 8.40. The van der Waals surface area contributed by atoms with Crippen LogP contribution < -0.4 is 10.7 Å². The summed E-state index contributed by atoms with van der Waals surface area (Å²) in [6.07, 6.45) is 0.927. The second kappa shape index (κ2) is 6.70. The highest BCUT2D eigenvalue weighted by atomic mass is 16.5. The average Bonchev–Trinajstić information content (AvgIpc) is 3.18. The van der Waals surface area contributed by atoms with E-state index in [9.17, 15) is 19.5 Å². The summed E-state index contributed by atoms with van der Waals surface area (Å²) in [5.41, 5.74) is 1.46. The van der Waals surface area contributed by atoms with Gasteiger partial charge >= 0.3 is 5.97 Å². The third kappa shape index (κ3) is 2.98. The zero-order chi connectivity index (χ0) is 19.0. The smallest absolute Gasteiger partial charge is 0.335 e. The van der Waals surface area contributed by atoms with Crippen molar-refractivity contribution in [2.75, 3.05) is 6.61 Å². The molecule has 4 rings (SSSR count). The number of aromatic carboxylic acids is 1. The van der Waals surface area contributed by atoms with Crippen LogP contribution in [0.15, 0.2) is 30.3 Å². The van der Waals surface area contributed by atoms with E-state index in [0.29, 0.717) is 30.0 Å². The lowest BCUT2D eigenvalue weighted by molar-refractivity contribution is -0.0590. The second-order valence-electron chi connectivity index (χ2n) is 6.32. The van der Waals surface area contributed by atoms with Gasteiger partial charge in [0.2, 0.25) is 0 Å². The normalized spacial score (nSPS) is 15.9. The number of ether oxygens (including phenoxy) is 1.